The van der Waals surface area contributed by atoms with Gasteiger partial charge >= 0.3 is 6.09 Å². The molecule has 9 heteroatoms. The second kappa shape index (κ2) is 10.5. The Labute approximate surface area is 242 Å². The molecule has 1 aromatic rings. The van der Waals surface area contributed by atoms with E-state index < -0.39 is 35.7 Å². The van der Waals surface area contributed by atoms with Crippen LogP contribution in [0.15, 0.2) is 36.4 Å². The number of carbonyl (C=O) groups is 4. The molecule has 5 unspecified atom stereocenters. The molecule has 5 atom stereocenters. The van der Waals surface area contributed by atoms with Crippen LogP contribution in [0.3, 0.4) is 0 Å². The van der Waals surface area contributed by atoms with Crippen LogP contribution >= 0.6 is 0 Å². The van der Waals surface area contributed by atoms with Gasteiger partial charge in [0.05, 0.1) is 6.04 Å². The molecule has 4 aliphatic rings. The van der Waals surface area contributed by atoms with Crippen molar-refractivity contribution in [2.45, 2.75) is 90.4 Å². The molecule has 1 saturated heterocycles. The highest BCUT2D eigenvalue weighted by atomic mass is 16.6. The molecule has 1 aromatic carbocycles. The minimum Gasteiger partial charge on any atom is -0.444 e. The van der Waals surface area contributed by atoms with Crippen LogP contribution in [0.4, 0.5) is 4.79 Å². The van der Waals surface area contributed by atoms with Gasteiger partial charge < -0.3 is 26.0 Å². The van der Waals surface area contributed by atoms with Crippen molar-refractivity contribution in [3.05, 3.63) is 47.5 Å². The normalized spacial score (nSPS) is 25.9. The number of alkyl carbamates (subject to hydrolysis) is 1. The molecule has 4 amide bonds. The van der Waals surface area contributed by atoms with Gasteiger partial charge in [-0.2, -0.15) is 0 Å². The maximum Gasteiger partial charge on any atom is 0.408 e. The zero-order valence-electron chi connectivity index (χ0n) is 24.9. The van der Waals surface area contributed by atoms with Crippen LogP contribution in [-0.2, 0) is 32.0 Å². The Hall–Kier alpha value is -3.36. The zero-order chi connectivity index (χ0) is 29.9. The number of ether oxygens (including phenoxy) is 1. The topological polar surface area (TPSA) is 131 Å². The van der Waals surface area contributed by atoms with Crippen molar-refractivity contribution in [1.29, 1.82) is 0 Å². The van der Waals surface area contributed by atoms with E-state index in [4.69, 9.17) is 10.5 Å². The number of nitrogens with one attached hydrogen (secondary N) is 2. The van der Waals surface area contributed by atoms with E-state index in [-0.39, 0.29) is 40.6 Å². The number of piperidine rings is 1. The van der Waals surface area contributed by atoms with Crippen molar-refractivity contribution in [3.8, 4) is 0 Å². The monoisotopic (exact) mass is 564 g/mol. The lowest BCUT2D eigenvalue weighted by molar-refractivity contribution is -0.143. The molecule has 41 heavy (non-hydrogen) atoms. The van der Waals surface area contributed by atoms with E-state index in [1.165, 1.54) is 0 Å². The van der Waals surface area contributed by atoms with Gasteiger partial charge in [-0.05, 0) is 80.2 Å². The average Bonchev–Trinajstić information content (AvgIpc) is 3.63. The SMILES string of the molecule is C=C(C(N)=O)C(CC1CC1)NC(=O)C1C2C(CN1C(=O)C(NC(=O)OC(C)(C)C)C1Cc3ccccc3C1)C2(C)C. The van der Waals surface area contributed by atoms with Crippen molar-refractivity contribution in [3.63, 3.8) is 0 Å². The Morgan fingerprint density at radius 3 is 2.24 bits per heavy atom. The zero-order valence-corrected chi connectivity index (χ0v) is 24.9. The van der Waals surface area contributed by atoms with Crippen LogP contribution in [0.2, 0.25) is 0 Å². The van der Waals surface area contributed by atoms with Crippen LogP contribution in [0.25, 0.3) is 0 Å². The third-order valence-corrected chi connectivity index (χ3v) is 9.57. The van der Waals surface area contributed by atoms with Crippen LogP contribution in [0.5, 0.6) is 0 Å². The molecule has 5 rings (SSSR count). The summed E-state index contributed by atoms with van der Waals surface area (Å²) >= 11 is 0. The first-order chi connectivity index (χ1) is 19.2. The summed E-state index contributed by atoms with van der Waals surface area (Å²) in [6.45, 7) is 13.9. The van der Waals surface area contributed by atoms with Crippen molar-refractivity contribution < 1.29 is 23.9 Å². The van der Waals surface area contributed by atoms with E-state index in [0.717, 1.165) is 24.0 Å². The fraction of sp³-hybridized carbons (Fsp3) is 0.625. The lowest BCUT2D eigenvalue weighted by Gasteiger charge is -2.35. The van der Waals surface area contributed by atoms with Gasteiger partial charge in [0.1, 0.15) is 17.7 Å². The Morgan fingerprint density at radius 1 is 1.10 bits per heavy atom. The van der Waals surface area contributed by atoms with E-state index in [9.17, 15) is 19.2 Å². The van der Waals surface area contributed by atoms with E-state index in [0.29, 0.717) is 31.7 Å². The first kappa shape index (κ1) is 29.1. The number of fused-ring (bicyclic) bond motifs is 2. The molecule has 3 fully saturated rings. The van der Waals surface area contributed by atoms with Crippen LogP contribution in [0.1, 0.15) is 65.0 Å². The van der Waals surface area contributed by atoms with E-state index >= 15 is 0 Å². The van der Waals surface area contributed by atoms with E-state index in [1.807, 2.05) is 12.1 Å². The molecule has 0 spiro atoms. The average molecular weight is 565 g/mol. The van der Waals surface area contributed by atoms with E-state index in [1.54, 1.807) is 25.7 Å². The number of likely N-dealkylation sites (tertiary alicyclic amines) is 1. The first-order valence-corrected chi connectivity index (χ1v) is 14.8. The summed E-state index contributed by atoms with van der Waals surface area (Å²) in [6, 6.07) is 5.94. The third-order valence-electron chi connectivity index (χ3n) is 9.57. The fourth-order valence-corrected chi connectivity index (χ4v) is 7.04. The molecule has 0 bridgehead atoms. The van der Waals surface area contributed by atoms with Gasteiger partial charge in [0.2, 0.25) is 17.7 Å². The summed E-state index contributed by atoms with van der Waals surface area (Å²) in [5.41, 5.74) is 7.23. The summed E-state index contributed by atoms with van der Waals surface area (Å²) in [6.07, 6.45) is 3.34. The maximum absolute atomic E-state index is 14.4. The predicted octanol–water partition coefficient (Wildman–Crippen LogP) is 3.10. The summed E-state index contributed by atoms with van der Waals surface area (Å²) in [7, 11) is 0. The maximum atomic E-state index is 14.4. The number of rotatable bonds is 9. The van der Waals surface area contributed by atoms with Gasteiger partial charge in [-0.15, -0.1) is 0 Å². The van der Waals surface area contributed by atoms with Gasteiger partial charge in [0.15, 0.2) is 0 Å². The summed E-state index contributed by atoms with van der Waals surface area (Å²) in [4.78, 5) is 54.9. The summed E-state index contributed by atoms with van der Waals surface area (Å²) in [5, 5.41) is 5.93. The number of hydrogen-bond acceptors (Lipinski definition) is 5. The molecule has 0 radical (unpaired) electrons. The second-order valence-electron chi connectivity index (χ2n) is 14.1. The number of hydrogen-bond donors (Lipinski definition) is 3. The molecule has 1 heterocycles. The van der Waals surface area contributed by atoms with Gasteiger partial charge in [0, 0.05) is 12.1 Å². The van der Waals surface area contributed by atoms with Crippen LogP contribution < -0.4 is 16.4 Å². The Morgan fingerprint density at radius 2 is 1.71 bits per heavy atom. The standard InChI is InChI=1S/C32H44N4O5/c1-17(27(33)37)23(13-18-11-12-18)34-28(38)26-24-22(32(24,5)6)16-36(26)29(39)25(35-30(40)41-31(2,3)4)21-14-19-9-7-8-10-20(19)15-21/h7-10,18,21-26H,1,11-16H2,2-6H3,(H2,33,37)(H,34,38)(H,35,40). The largest absolute Gasteiger partial charge is 0.444 e. The van der Waals surface area contributed by atoms with Crippen molar-refractivity contribution in [1.82, 2.24) is 15.5 Å². The lowest BCUT2D eigenvalue weighted by atomic mass is 9.93. The Bertz CT molecular complexity index is 1240. The molecular weight excluding hydrogens is 520 g/mol. The molecule has 2 saturated carbocycles. The molecule has 9 nitrogen and oxygen atoms in total. The van der Waals surface area contributed by atoms with Gasteiger partial charge in [-0.3, -0.25) is 14.4 Å². The predicted molar refractivity (Wildman–Crippen MR) is 154 cm³/mol. The Balaban J connectivity index is 1.39. The molecule has 222 valence electrons. The number of amides is 4. The van der Waals surface area contributed by atoms with Crippen LogP contribution in [0, 0.1) is 29.1 Å². The smallest absolute Gasteiger partial charge is 0.408 e. The van der Waals surface area contributed by atoms with Gasteiger partial charge in [-0.1, -0.05) is 57.5 Å². The number of nitrogens with two attached hydrogens (primary N) is 1. The highest BCUT2D eigenvalue weighted by Crippen LogP contribution is 2.65. The minimum absolute atomic E-state index is 0.0159. The highest BCUT2D eigenvalue weighted by Gasteiger charge is 2.69. The number of carbonyl (C=O) groups excluding carboxylic acids is 4. The van der Waals surface area contributed by atoms with Crippen molar-refractivity contribution in [2.24, 2.45) is 34.8 Å². The molecule has 1 aliphatic heterocycles. The number of nitrogens with zero attached hydrogens (tertiary/aromatic N) is 1. The molecular formula is C32H44N4O5. The quantitative estimate of drug-likeness (QED) is 0.397. The first-order valence-electron chi connectivity index (χ1n) is 14.8. The lowest BCUT2D eigenvalue weighted by Crippen LogP contribution is -2.59. The Kier molecular flexibility index (Phi) is 7.45. The van der Waals surface area contributed by atoms with E-state index in [2.05, 4.69) is 43.2 Å². The van der Waals surface area contributed by atoms with Gasteiger partial charge in [0.25, 0.3) is 0 Å². The fourth-order valence-electron chi connectivity index (χ4n) is 7.04. The summed E-state index contributed by atoms with van der Waals surface area (Å²) < 4.78 is 5.55. The van der Waals surface area contributed by atoms with Gasteiger partial charge in [-0.25, -0.2) is 4.79 Å². The molecule has 3 aliphatic carbocycles. The summed E-state index contributed by atoms with van der Waals surface area (Å²) in [5.74, 6) is -0.793. The highest BCUT2D eigenvalue weighted by molar-refractivity contribution is 5.96. The van der Waals surface area contributed by atoms with Crippen molar-refractivity contribution in [2.75, 3.05) is 6.54 Å². The van der Waals surface area contributed by atoms with Crippen LogP contribution in [-0.4, -0.2) is 59.0 Å². The molecule has 4 N–H and O–H groups in total. The number of primary amides is 1. The molecule has 0 aromatic heterocycles. The second-order valence-corrected chi connectivity index (χ2v) is 14.1. The minimum atomic E-state index is -0.851. The number of benzene rings is 1. The third kappa shape index (κ3) is 5.99. The van der Waals surface area contributed by atoms with Crippen molar-refractivity contribution >= 4 is 23.8 Å².